The Morgan fingerprint density at radius 3 is 2.64 bits per heavy atom. The van der Waals surface area contributed by atoms with Gasteiger partial charge in [0.2, 0.25) is 10.0 Å². The minimum absolute atomic E-state index is 0.00125. The average Bonchev–Trinajstić information content (AvgIpc) is 2.01. The molecule has 0 radical (unpaired) electrons. The normalized spacial score (nSPS) is 29.0. The third-order valence-corrected chi connectivity index (χ3v) is 3.31. The van der Waals surface area contributed by atoms with E-state index in [0.29, 0.717) is 12.6 Å². The maximum Gasteiger partial charge on any atom is 0.210 e. The van der Waals surface area contributed by atoms with Crippen molar-refractivity contribution in [3.05, 3.63) is 0 Å². The third kappa shape index (κ3) is 4.90. The van der Waals surface area contributed by atoms with Gasteiger partial charge in [-0.2, -0.15) is 0 Å². The lowest BCUT2D eigenvalue weighted by molar-refractivity contribution is 0.345. The van der Waals surface area contributed by atoms with Crippen molar-refractivity contribution in [3.63, 3.8) is 0 Å². The fourth-order valence-corrected chi connectivity index (χ4v) is 2.22. The molecule has 1 aliphatic carbocycles. The van der Waals surface area contributed by atoms with Crippen LogP contribution in [-0.2, 0) is 10.0 Å². The summed E-state index contributed by atoms with van der Waals surface area (Å²) in [5.74, 6) is -0.00125. The molecule has 0 saturated heterocycles. The topological polar surface area (TPSA) is 98.2 Å². The lowest BCUT2D eigenvalue weighted by Crippen LogP contribution is -2.41. The van der Waals surface area contributed by atoms with E-state index in [4.69, 9.17) is 10.9 Å². The molecule has 1 saturated carbocycles. The van der Waals surface area contributed by atoms with Gasteiger partial charge in [-0.1, -0.05) is 6.42 Å². The second-order valence-corrected chi connectivity index (χ2v) is 5.68. The van der Waals surface area contributed by atoms with Crippen molar-refractivity contribution >= 4 is 10.0 Å². The van der Waals surface area contributed by atoms with Gasteiger partial charge in [0, 0.05) is 18.6 Å². The maximum atomic E-state index is 10.7. The van der Waals surface area contributed by atoms with Crippen molar-refractivity contribution in [2.24, 2.45) is 10.9 Å². The number of nitrogens with two attached hydrogens (primary N) is 2. The highest BCUT2D eigenvalue weighted by Crippen LogP contribution is 2.16. The van der Waals surface area contributed by atoms with Crippen molar-refractivity contribution in [1.29, 1.82) is 0 Å². The van der Waals surface area contributed by atoms with E-state index in [1.54, 1.807) is 0 Å². The summed E-state index contributed by atoms with van der Waals surface area (Å²) >= 11 is 0. The number of sulfonamides is 1. The summed E-state index contributed by atoms with van der Waals surface area (Å²) in [7, 11) is -3.33. The lowest BCUT2D eigenvalue weighted by atomic mass is 9.92. The molecule has 0 heterocycles. The molecule has 2 atom stereocenters. The molecule has 14 heavy (non-hydrogen) atoms. The van der Waals surface area contributed by atoms with Gasteiger partial charge in [0.25, 0.3) is 0 Å². The van der Waals surface area contributed by atoms with E-state index >= 15 is 0 Å². The van der Waals surface area contributed by atoms with Crippen molar-refractivity contribution < 1.29 is 8.42 Å². The van der Waals surface area contributed by atoms with Crippen LogP contribution >= 0.6 is 0 Å². The summed E-state index contributed by atoms with van der Waals surface area (Å²) in [5.41, 5.74) is 5.80. The van der Waals surface area contributed by atoms with Gasteiger partial charge in [-0.05, 0) is 19.3 Å². The largest absolute Gasteiger partial charge is 0.328 e. The summed E-state index contributed by atoms with van der Waals surface area (Å²) in [6, 6.07) is 0.622. The summed E-state index contributed by atoms with van der Waals surface area (Å²) in [6.45, 7) is 0.427. The minimum atomic E-state index is -3.33. The van der Waals surface area contributed by atoms with Crippen LogP contribution in [0.4, 0.5) is 0 Å². The van der Waals surface area contributed by atoms with E-state index in [0.717, 1.165) is 25.7 Å². The highest BCUT2D eigenvalue weighted by atomic mass is 32.2. The van der Waals surface area contributed by atoms with E-state index in [9.17, 15) is 8.42 Å². The van der Waals surface area contributed by atoms with Crippen molar-refractivity contribution in [3.8, 4) is 0 Å². The summed E-state index contributed by atoms with van der Waals surface area (Å²) in [4.78, 5) is 0. The van der Waals surface area contributed by atoms with Crippen LogP contribution < -0.4 is 16.2 Å². The zero-order valence-corrected chi connectivity index (χ0v) is 9.09. The van der Waals surface area contributed by atoms with Crippen molar-refractivity contribution in [2.75, 3.05) is 12.3 Å². The Hall–Kier alpha value is -0.170. The van der Waals surface area contributed by atoms with Crippen LogP contribution in [0.1, 0.15) is 25.7 Å². The lowest BCUT2D eigenvalue weighted by Gasteiger charge is -2.27. The summed E-state index contributed by atoms with van der Waals surface area (Å²) < 4.78 is 21.3. The van der Waals surface area contributed by atoms with Crippen LogP contribution in [0.25, 0.3) is 0 Å². The molecule has 1 aliphatic rings. The molecule has 2 unspecified atom stereocenters. The first-order valence-corrected chi connectivity index (χ1v) is 6.68. The molecule has 5 N–H and O–H groups in total. The SMILES string of the molecule is NC1CCCC(NCCS(N)(=O)=O)C1. The Morgan fingerprint density at radius 1 is 1.36 bits per heavy atom. The predicted octanol–water partition coefficient (Wildman–Crippen LogP) is -0.866. The van der Waals surface area contributed by atoms with Crippen LogP contribution in [-0.4, -0.2) is 32.8 Å². The third-order valence-electron chi connectivity index (χ3n) is 2.53. The number of rotatable bonds is 4. The number of hydrogen-bond acceptors (Lipinski definition) is 4. The van der Waals surface area contributed by atoms with Gasteiger partial charge in [-0.3, -0.25) is 0 Å². The van der Waals surface area contributed by atoms with Gasteiger partial charge in [-0.25, -0.2) is 13.6 Å². The molecule has 84 valence electrons. The summed E-state index contributed by atoms with van der Waals surface area (Å²) in [6.07, 6.45) is 4.21. The predicted molar refractivity (Wildman–Crippen MR) is 56.2 cm³/mol. The van der Waals surface area contributed by atoms with Gasteiger partial charge < -0.3 is 11.1 Å². The minimum Gasteiger partial charge on any atom is -0.328 e. The Balaban J connectivity index is 2.18. The molecular formula is C8H19N3O2S. The first-order chi connectivity index (χ1) is 6.47. The number of hydrogen-bond donors (Lipinski definition) is 3. The Morgan fingerprint density at radius 2 is 2.07 bits per heavy atom. The van der Waals surface area contributed by atoms with Crippen molar-refractivity contribution in [1.82, 2.24) is 5.32 Å². The molecule has 0 amide bonds. The average molecular weight is 221 g/mol. The second-order valence-electron chi connectivity index (χ2n) is 3.94. The van der Waals surface area contributed by atoms with Crippen LogP contribution in [0.15, 0.2) is 0 Å². The van der Waals surface area contributed by atoms with E-state index < -0.39 is 10.0 Å². The van der Waals surface area contributed by atoms with E-state index in [2.05, 4.69) is 5.32 Å². The molecule has 0 spiro atoms. The standard InChI is InChI=1S/C8H19N3O2S/c9-7-2-1-3-8(6-7)11-4-5-14(10,12)13/h7-8,11H,1-6,9H2,(H2,10,12,13). The van der Waals surface area contributed by atoms with Gasteiger partial charge in [-0.15, -0.1) is 0 Å². The highest BCUT2D eigenvalue weighted by molar-refractivity contribution is 7.89. The molecule has 0 bridgehead atoms. The maximum absolute atomic E-state index is 10.7. The van der Waals surface area contributed by atoms with Crippen LogP contribution in [0, 0.1) is 0 Å². The molecule has 6 heteroatoms. The molecule has 0 aromatic rings. The Labute approximate surface area is 85.3 Å². The molecule has 5 nitrogen and oxygen atoms in total. The van der Waals surface area contributed by atoms with Gasteiger partial charge in [0.1, 0.15) is 0 Å². The first kappa shape index (κ1) is 11.9. The second kappa shape index (κ2) is 5.06. The Bertz CT molecular complexity index is 266. The fourth-order valence-electron chi connectivity index (χ4n) is 1.82. The van der Waals surface area contributed by atoms with Crippen LogP contribution in [0.2, 0.25) is 0 Å². The molecule has 0 aliphatic heterocycles. The van der Waals surface area contributed by atoms with E-state index in [1.165, 1.54) is 0 Å². The fraction of sp³-hybridized carbons (Fsp3) is 1.00. The number of primary sulfonamides is 1. The molecule has 0 aromatic heterocycles. The van der Waals surface area contributed by atoms with Crippen LogP contribution in [0.3, 0.4) is 0 Å². The molecule has 0 aromatic carbocycles. The number of nitrogens with one attached hydrogen (secondary N) is 1. The van der Waals surface area contributed by atoms with E-state index in [-0.39, 0.29) is 11.8 Å². The zero-order valence-electron chi connectivity index (χ0n) is 8.28. The van der Waals surface area contributed by atoms with Crippen molar-refractivity contribution in [2.45, 2.75) is 37.8 Å². The Kier molecular flexibility index (Phi) is 4.31. The molecule has 1 fully saturated rings. The first-order valence-electron chi connectivity index (χ1n) is 4.97. The van der Waals surface area contributed by atoms with Crippen LogP contribution in [0.5, 0.6) is 0 Å². The zero-order chi connectivity index (χ0) is 10.6. The van der Waals surface area contributed by atoms with E-state index in [1.807, 2.05) is 0 Å². The quantitative estimate of drug-likeness (QED) is 0.575. The molecular weight excluding hydrogens is 202 g/mol. The van der Waals surface area contributed by atoms with Gasteiger partial charge >= 0.3 is 0 Å². The van der Waals surface area contributed by atoms with Gasteiger partial charge in [0.05, 0.1) is 5.75 Å². The molecule has 1 rings (SSSR count). The highest BCUT2D eigenvalue weighted by Gasteiger charge is 2.18. The van der Waals surface area contributed by atoms with Gasteiger partial charge in [0.15, 0.2) is 0 Å². The smallest absolute Gasteiger partial charge is 0.210 e. The summed E-state index contributed by atoms with van der Waals surface area (Å²) in [5, 5.41) is 8.06. The monoisotopic (exact) mass is 221 g/mol.